The van der Waals surface area contributed by atoms with E-state index >= 15 is 0 Å². The van der Waals surface area contributed by atoms with Crippen molar-refractivity contribution in [3.63, 3.8) is 0 Å². The van der Waals surface area contributed by atoms with Gasteiger partial charge in [-0.15, -0.1) is 0 Å². The molecule has 2 aromatic carbocycles. The van der Waals surface area contributed by atoms with E-state index in [4.69, 9.17) is 23.2 Å². The first-order valence-electron chi connectivity index (χ1n) is 9.78. The molecule has 2 saturated heterocycles. The summed E-state index contributed by atoms with van der Waals surface area (Å²) in [5.41, 5.74) is 2.62. The monoisotopic (exact) mass is 420 g/mol. The molecule has 0 spiro atoms. The lowest BCUT2D eigenvalue weighted by molar-refractivity contribution is 0.330. The van der Waals surface area contributed by atoms with Crippen LogP contribution in [0.4, 0.5) is 0 Å². The average molecular weight is 421 g/mol. The lowest BCUT2D eigenvalue weighted by Crippen LogP contribution is -2.51. The van der Waals surface area contributed by atoms with Crippen molar-refractivity contribution in [1.29, 1.82) is 0 Å². The van der Waals surface area contributed by atoms with Crippen LogP contribution in [0.1, 0.15) is 36.8 Å². The molecule has 0 aromatic heterocycles. The lowest BCUT2D eigenvalue weighted by atomic mass is 9.91. The third-order valence-electron chi connectivity index (χ3n) is 5.73. The molecule has 0 unspecified atom stereocenters. The van der Waals surface area contributed by atoms with Gasteiger partial charge in [-0.05, 0) is 61.1 Å². The zero-order valence-electron chi connectivity index (χ0n) is 15.3. The number of fused-ring (bicyclic) bond motifs is 2. The molecular weight excluding hydrogens is 395 g/mol. The number of thioether (sulfide) groups is 1. The van der Waals surface area contributed by atoms with Crippen LogP contribution in [-0.4, -0.2) is 22.6 Å². The Morgan fingerprint density at radius 1 is 0.667 bits per heavy atom. The summed E-state index contributed by atoms with van der Waals surface area (Å²) < 4.78 is 0. The predicted molar refractivity (Wildman–Crippen MR) is 118 cm³/mol. The summed E-state index contributed by atoms with van der Waals surface area (Å²) >= 11 is 14.2. The van der Waals surface area contributed by atoms with Gasteiger partial charge in [0.05, 0.1) is 0 Å². The van der Waals surface area contributed by atoms with Crippen molar-refractivity contribution in [2.24, 2.45) is 0 Å². The molecule has 5 heteroatoms. The van der Waals surface area contributed by atoms with Gasteiger partial charge in [-0.3, -0.25) is 0 Å². The van der Waals surface area contributed by atoms with Crippen LogP contribution >= 0.6 is 35.0 Å². The molecule has 2 heterocycles. The standard InChI is InChI=1S/C22H26Cl2N2S/c23-17-5-1-15(2-6-17)13-25-19-9-11-22-20(10-12-21(19)27-22)26-14-16-3-7-18(24)8-4-16/h1-8,19-22,25-26H,9-14H2/t19-,20-,21-,22-/m1/s1. The van der Waals surface area contributed by atoms with E-state index in [1.54, 1.807) is 0 Å². The Morgan fingerprint density at radius 2 is 1.07 bits per heavy atom. The Morgan fingerprint density at radius 3 is 1.48 bits per heavy atom. The maximum absolute atomic E-state index is 5.98. The van der Waals surface area contributed by atoms with Crippen molar-refractivity contribution in [3.8, 4) is 0 Å². The molecule has 27 heavy (non-hydrogen) atoms. The molecular formula is C22H26Cl2N2S. The van der Waals surface area contributed by atoms with E-state index in [9.17, 15) is 0 Å². The summed E-state index contributed by atoms with van der Waals surface area (Å²) in [6, 6.07) is 17.6. The number of nitrogens with one attached hydrogen (secondary N) is 2. The maximum Gasteiger partial charge on any atom is 0.0406 e. The summed E-state index contributed by atoms with van der Waals surface area (Å²) in [4.78, 5) is 0. The van der Waals surface area contributed by atoms with E-state index in [2.05, 4.69) is 46.7 Å². The molecule has 2 N–H and O–H groups in total. The fourth-order valence-electron chi connectivity index (χ4n) is 4.18. The first-order chi connectivity index (χ1) is 13.2. The zero-order valence-corrected chi connectivity index (χ0v) is 17.7. The fourth-order valence-corrected chi connectivity index (χ4v) is 6.27. The average Bonchev–Trinajstić information content (AvgIpc) is 2.69. The van der Waals surface area contributed by atoms with Gasteiger partial charge >= 0.3 is 0 Å². The molecule has 0 amide bonds. The van der Waals surface area contributed by atoms with Crippen LogP contribution in [0.3, 0.4) is 0 Å². The first-order valence-corrected chi connectivity index (χ1v) is 11.5. The van der Waals surface area contributed by atoms with Crippen molar-refractivity contribution in [1.82, 2.24) is 10.6 Å². The molecule has 144 valence electrons. The van der Waals surface area contributed by atoms with Gasteiger partial charge in [0, 0.05) is 45.7 Å². The quantitative estimate of drug-likeness (QED) is 0.629. The number of rotatable bonds is 6. The Hall–Kier alpha value is -0.710. The topological polar surface area (TPSA) is 24.1 Å². The summed E-state index contributed by atoms with van der Waals surface area (Å²) in [5.74, 6) is 0. The normalized spacial score (nSPS) is 27.5. The molecule has 2 bridgehead atoms. The molecule has 0 radical (unpaired) electrons. The van der Waals surface area contributed by atoms with E-state index in [0.29, 0.717) is 12.1 Å². The van der Waals surface area contributed by atoms with Crippen LogP contribution in [0.25, 0.3) is 0 Å². The summed E-state index contributed by atoms with van der Waals surface area (Å²) in [6.07, 6.45) is 5.12. The molecule has 4 atom stereocenters. The number of halogens is 2. The largest absolute Gasteiger partial charge is 0.309 e. The van der Waals surface area contributed by atoms with Crippen molar-refractivity contribution in [2.75, 3.05) is 0 Å². The second kappa shape index (κ2) is 9.19. The minimum absolute atomic E-state index is 0.624. The van der Waals surface area contributed by atoms with Gasteiger partial charge in [-0.1, -0.05) is 47.5 Å². The van der Waals surface area contributed by atoms with E-state index in [-0.39, 0.29) is 0 Å². The number of benzene rings is 2. The van der Waals surface area contributed by atoms with Crippen LogP contribution < -0.4 is 10.6 Å². The number of hydrogen-bond acceptors (Lipinski definition) is 3. The van der Waals surface area contributed by atoms with E-state index < -0.39 is 0 Å². The molecule has 2 fully saturated rings. The van der Waals surface area contributed by atoms with Gasteiger partial charge in [0.25, 0.3) is 0 Å². The van der Waals surface area contributed by atoms with Gasteiger partial charge in [0.2, 0.25) is 0 Å². The Bertz CT molecular complexity index is 671. The predicted octanol–water partition coefficient (Wildman–Crippen LogP) is 5.67. The minimum atomic E-state index is 0.624. The second-order valence-electron chi connectivity index (χ2n) is 7.60. The maximum atomic E-state index is 5.98. The van der Waals surface area contributed by atoms with Gasteiger partial charge in [0.1, 0.15) is 0 Å². The molecule has 2 aliphatic rings. The second-order valence-corrected chi connectivity index (χ2v) is 9.95. The molecule has 4 rings (SSSR count). The van der Waals surface area contributed by atoms with Gasteiger partial charge in [-0.2, -0.15) is 11.8 Å². The third kappa shape index (κ3) is 5.21. The van der Waals surface area contributed by atoms with Crippen molar-refractivity contribution < 1.29 is 0 Å². The summed E-state index contributed by atoms with van der Waals surface area (Å²) in [5, 5.41) is 10.7. The van der Waals surface area contributed by atoms with Crippen LogP contribution in [0.15, 0.2) is 48.5 Å². The number of hydrogen-bond donors (Lipinski definition) is 2. The SMILES string of the molecule is Clc1ccc(CN[C@@H]2CC[C@H]3S[C@@H]2CC[C@H]3NCc2ccc(Cl)cc2)cc1. The van der Waals surface area contributed by atoms with Gasteiger partial charge in [0.15, 0.2) is 0 Å². The molecule has 2 aliphatic heterocycles. The summed E-state index contributed by atoms with van der Waals surface area (Å²) in [6.45, 7) is 1.86. The Balaban J connectivity index is 1.25. The highest BCUT2D eigenvalue weighted by Crippen LogP contribution is 2.42. The zero-order chi connectivity index (χ0) is 18.6. The lowest BCUT2D eigenvalue weighted by Gasteiger charge is -2.44. The molecule has 0 saturated carbocycles. The minimum Gasteiger partial charge on any atom is -0.309 e. The van der Waals surface area contributed by atoms with Crippen LogP contribution in [0.2, 0.25) is 10.0 Å². The molecule has 2 aromatic rings. The third-order valence-corrected chi connectivity index (χ3v) is 8.07. The molecule has 0 aliphatic carbocycles. The Labute approximate surface area is 176 Å². The van der Waals surface area contributed by atoms with Gasteiger partial charge in [-0.25, -0.2) is 0 Å². The van der Waals surface area contributed by atoms with Crippen LogP contribution in [0, 0.1) is 0 Å². The smallest absolute Gasteiger partial charge is 0.0406 e. The summed E-state index contributed by atoms with van der Waals surface area (Å²) in [7, 11) is 0. The van der Waals surface area contributed by atoms with E-state index in [1.165, 1.54) is 36.8 Å². The van der Waals surface area contributed by atoms with Gasteiger partial charge < -0.3 is 10.6 Å². The highest BCUT2D eigenvalue weighted by molar-refractivity contribution is 8.00. The van der Waals surface area contributed by atoms with Crippen molar-refractivity contribution >= 4 is 35.0 Å². The first kappa shape index (κ1) is 19.6. The van der Waals surface area contributed by atoms with Crippen molar-refractivity contribution in [3.05, 3.63) is 69.7 Å². The van der Waals surface area contributed by atoms with Crippen molar-refractivity contribution in [2.45, 2.75) is 61.4 Å². The van der Waals surface area contributed by atoms with Crippen LogP contribution in [0.5, 0.6) is 0 Å². The van der Waals surface area contributed by atoms with E-state index in [1.807, 2.05) is 24.3 Å². The van der Waals surface area contributed by atoms with Crippen LogP contribution in [-0.2, 0) is 13.1 Å². The fraction of sp³-hybridized carbons (Fsp3) is 0.455. The molecule has 2 nitrogen and oxygen atoms in total. The van der Waals surface area contributed by atoms with E-state index in [0.717, 1.165) is 33.6 Å². The Kier molecular flexibility index (Phi) is 6.67. The highest BCUT2D eigenvalue weighted by atomic mass is 35.5. The highest BCUT2D eigenvalue weighted by Gasteiger charge is 2.38.